The van der Waals surface area contributed by atoms with E-state index < -0.39 is 12.3 Å². The van der Waals surface area contributed by atoms with Crippen molar-refractivity contribution in [2.24, 2.45) is 0 Å². The molecule has 0 fully saturated rings. The minimum absolute atomic E-state index is 0.135. The molecule has 2 aromatic heterocycles. The molecule has 1 N–H and O–H groups in total. The third kappa shape index (κ3) is 4.80. The van der Waals surface area contributed by atoms with Gasteiger partial charge in [0.1, 0.15) is 12.2 Å². The highest BCUT2D eigenvalue weighted by Crippen LogP contribution is 2.24. The molecule has 3 aromatic rings. The quantitative estimate of drug-likeness (QED) is 0.739. The van der Waals surface area contributed by atoms with E-state index in [1.807, 2.05) is 16.8 Å². The van der Waals surface area contributed by atoms with Crippen LogP contribution in [0.3, 0.4) is 0 Å². The van der Waals surface area contributed by atoms with E-state index in [1.165, 1.54) is 23.5 Å². The summed E-state index contributed by atoms with van der Waals surface area (Å²) in [6, 6.07) is 6.61. The third-order valence-electron chi connectivity index (χ3n) is 2.92. The summed E-state index contributed by atoms with van der Waals surface area (Å²) in [5.74, 6) is -0.360. The highest BCUT2D eigenvalue weighted by Gasteiger charge is 2.30. The predicted octanol–water partition coefficient (Wildman–Crippen LogP) is 3.88. The van der Waals surface area contributed by atoms with Crippen molar-refractivity contribution in [3.05, 3.63) is 47.0 Å². The fraction of sp³-hybridized carbons (Fsp3) is 0.133. The Morgan fingerprint density at radius 3 is 2.60 bits per heavy atom. The van der Waals surface area contributed by atoms with Gasteiger partial charge in [-0.1, -0.05) is 0 Å². The largest absolute Gasteiger partial charge is 0.573 e. The topological polar surface area (TPSA) is 77.2 Å². The SMILES string of the molecule is O=C(Cc1nnc(-c2ccsc2)o1)Nc1ccc(OC(F)(F)F)cc1. The van der Waals surface area contributed by atoms with Crippen LogP contribution in [0.4, 0.5) is 18.9 Å². The summed E-state index contributed by atoms with van der Waals surface area (Å²) in [7, 11) is 0. The van der Waals surface area contributed by atoms with Gasteiger partial charge < -0.3 is 14.5 Å². The minimum atomic E-state index is -4.76. The number of carbonyl (C=O) groups is 1. The van der Waals surface area contributed by atoms with Crippen molar-refractivity contribution in [3.63, 3.8) is 0 Å². The van der Waals surface area contributed by atoms with Gasteiger partial charge in [0.05, 0.1) is 0 Å². The summed E-state index contributed by atoms with van der Waals surface area (Å²) in [4.78, 5) is 11.9. The zero-order valence-electron chi connectivity index (χ0n) is 12.4. The molecule has 0 atom stereocenters. The maximum atomic E-state index is 12.1. The molecule has 130 valence electrons. The molecule has 0 saturated heterocycles. The summed E-state index contributed by atoms with van der Waals surface area (Å²) < 4.78 is 45.4. The van der Waals surface area contributed by atoms with Crippen molar-refractivity contribution in [1.29, 1.82) is 0 Å². The number of anilines is 1. The number of carbonyl (C=O) groups excluding carboxylic acids is 1. The molecule has 25 heavy (non-hydrogen) atoms. The Labute approximate surface area is 143 Å². The summed E-state index contributed by atoms with van der Waals surface area (Å²) >= 11 is 1.48. The Bertz CT molecular complexity index is 845. The number of halogens is 3. The molecule has 0 aliphatic heterocycles. The van der Waals surface area contributed by atoms with Gasteiger partial charge in [-0.05, 0) is 35.7 Å². The van der Waals surface area contributed by atoms with Gasteiger partial charge >= 0.3 is 6.36 Å². The van der Waals surface area contributed by atoms with Gasteiger partial charge in [-0.3, -0.25) is 4.79 Å². The van der Waals surface area contributed by atoms with E-state index in [0.29, 0.717) is 11.6 Å². The first-order chi connectivity index (χ1) is 11.9. The molecule has 2 heterocycles. The third-order valence-corrected chi connectivity index (χ3v) is 3.60. The van der Waals surface area contributed by atoms with E-state index >= 15 is 0 Å². The van der Waals surface area contributed by atoms with E-state index in [9.17, 15) is 18.0 Å². The molecule has 0 unspecified atom stereocenters. The maximum Gasteiger partial charge on any atom is 0.573 e. The number of hydrogen-bond donors (Lipinski definition) is 1. The van der Waals surface area contributed by atoms with Crippen LogP contribution in [0, 0.1) is 0 Å². The molecule has 1 aromatic carbocycles. The van der Waals surface area contributed by atoms with Gasteiger partial charge in [0.25, 0.3) is 0 Å². The standard InChI is InChI=1S/C15H10F3N3O3S/c16-15(17,18)24-11-3-1-10(2-4-11)19-12(22)7-13-20-21-14(23-13)9-5-6-25-8-9/h1-6,8H,7H2,(H,19,22). The van der Waals surface area contributed by atoms with Gasteiger partial charge in [-0.15, -0.1) is 23.4 Å². The Morgan fingerprint density at radius 1 is 1.20 bits per heavy atom. The normalized spacial score (nSPS) is 11.3. The molecule has 3 rings (SSSR count). The number of alkyl halides is 3. The summed E-state index contributed by atoms with van der Waals surface area (Å²) in [6.45, 7) is 0. The molecule has 0 bridgehead atoms. The minimum Gasteiger partial charge on any atom is -0.420 e. The Morgan fingerprint density at radius 2 is 1.96 bits per heavy atom. The number of amides is 1. The van der Waals surface area contributed by atoms with Crippen molar-refractivity contribution in [3.8, 4) is 17.2 Å². The van der Waals surface area contributed by atoms with E-state index in [-0.39, 0.29) is 18.1 Å². The molecule has 0 saturated carbocycles. The molecule has 1 amide bonds. The zero-order valence-corrected chi connectivity index (χ0v) is 13.2. The first-order valence-corrected chi connectivity index (χ1v) is 7.84. The van der Waals surface area contributed by atoms with Crippen LogP contribution in [-0.2, 0) is 11.2 Å². The van der Waals surface area contributed by atoms with E-state index in [1.54, 1.807) is 0 Å². The monoisotopic (exact) mass is 369 g/mol. The van der Waals surface area contributed by atoms with Crippen LogP contribution in [0.2, 0.25) is 0 Å². The fourth-order valence-electron chi connectivity index (χ4n) is 1.91. The lowest BCUT2D eigenvalue weighted by atomic mass is 10.3. The first kappa shape index (κ1) is 17.0. The smallest absolute Gasteiger partial charge is 0.420 e. The number of hydrogen-bond acceptors (Lipinski definition) is 6. The van der Waals surface area contributed by atoms with Crippen LogP contribution in [0.1, 0.15) is 5.89 Å². The maximum absolute atomic E-state index is 12.1. The van der Waals surface area contributed by atoms with Crippen LogP contribution in [0.15, 0.2) is 45.5 Å². The molecular formula is C15H10F3N3O3S. The summed E-state index contributed by atoms with van der Waals surface area (Å²) in [5.41, 5.74) is 1.08. The van der Waals surface area contributed by atoms with Gasteiger partial charge in [0.2, 0.25) is 17.7 Å². The number of nitrogens with zero attached hydrogens (tertiary/aromatic N) is 2. The van der Waals surface area contributed by atoms with E-state index in [4.69, 9.17) is 4.42 Å². The Balaban J connectivity index is 1.57. The van der Waals surface area contributed by atoms with Crippen molar-refractivity contribution >= 4 is 22.9 Å². The van der Waals surface area contributed by atoms with Crippen LogP contribution in [0.25, 0.3) is 11.5 Å². The molecule has 0 aliphatic rings. The number of rotatable bonds is 5. The second-order valence-electron chi connectivity index (χ2n) is 4.81. The number of aromatic nitrogens is 2. The van der Waals surface area contributed by atoms with Crippen LogP contribution >= 0.6 is 11.3 Å². The summed E-state index contributed by atoms with van der Waals surface area (Å²) in [6.07, 6.45) is -4.92. The first-order valence-electron chi connectivity index (χ1n) is 6.90. The number of nitrogens with one attached hydrogen (secondary N) is 1. The predicted molar refractivity (Wildman–Crippen MR) is 83.1 cm³/mol. The molecule has 0 aliphatic carbocycles. The Kier molecular flexibility index (Phi) is 4.70. The number of thiophene rings is 1. The summed E-state index contributed by atoms with van der Waals surface area (Å²) in [5, 5.41) is 13.9. The van der Waals surface area contributed by atoms with Gasteiger partial charge in [0, 0.05) is 16.6 Å². The van der Waals surface area contributed by atoms with Gasteiger partial charge in [-0.2, -0.15) is 11.3 Å². The fourth-order valence-corrected chi connectivity index (χ4v) is 2.54. The lowest BCUT2D eigenvalue weighted by Gasteiger charge is -2.09. The van der Waals surface area contributed by atoms with Crippen molar-refractivity contribution in [2.75, 3.05) is 5.32 Å². The van der Waals surface area contributed by atoms with E-state index in [0.717, 1.165) is 17.7 Å². The highest BCUT2D eigenvalue weighted by atomic mass is 32.1. The van der Waals surface area contributed by atoms with Crippen molar-refractivity contribution in [2.45, 2.75) is 12.8 Å². The average molecular weight is 369 g/mol. The van der Waals surface area contributed by atoms with Crippen LogP contribution < -0.4 is 10.1 Å². The van der Waals surface area contributed by atoms with Crippen molar-refractivity contribution < 1.29 is 27.1 Å². The lowest BCUT2D eigenvalue weighted by Crippen LogP contribution is -2.17. The van der Waals surface area contributed by atoms with Crippen LogP contribution in [-0.4, -0.2) is 22.5 Å². The lowest BCUT2D eigenvalue weighted by molar-refractivity contribution is -0.274. The Hall–Kier alpha value is -2.88. The van der Waals surface area contributed by atoms with Crippen LogP contribution in [0.5, 0.6) is 5.75 Å². The molecule has 10 heteroatoms. The second kappa shape index (κ2) is 6.93. The molecule has 6 nitrogen and oxygen atoms in total. The number of benzene rings is 1. The highest BCUT2D eigenvalue weighted by molar-refractivity contribution is 7.08. The molecular weight excluding hydrogens is 359 g/mol. The molecule has 0 spiro atoms. The van der Waals surface area contributed by atoms with Crippen molar-refractivity contribution in [1.82, 2.24) is 10.2 Å². The van der Waals surface area contributed by atoms with Gasteiger partial charge in [-0.25, -0.2) is 0 Å². The zero-order chi connectivity index (χ0) is 17.9. The average Bonchev–Trinajstić information content (AvgIpc) is 3.18. The molecule has 0 radical (unpaired) electrons. The second-order valence-corrected chi connectivity index (χ2v) is 5.59. The van der Waals surface area contributed by atoms with E-state index in [2.05, 4.69) is 20.3 Å². The van der Waals surface area contributed by atoms with Gasteiger partial charge in [0.15, 0.2) is 0 Å². The number of ether oxygens (including phenoxy) is 1.